The van der Waals surface area contributed by atoms with Crippen LogP contribution in [0.15, 0.2) is 30.5 Å². The Hall–Kier alpha value is -2.19. The third-order valence-electron chi connectivity index (χ3n) is 7.08. The highest BCUT2D eigenvalue weighted by atomic mass is 32.1. The minimum Gasteiger partial charge on any atom is -0.385 e. The van der Waals surface area contributed by atoms with Crippen molar-refractivity contribution in [2.45, 2.75) is 57.7 Å². The van der Waals surface area contributed by atoms with Gasteiger partial charge in [0.25, 0.3) is 0 Å². The molecule has 6 nitrogen and oxygen atoms in total. The van der Waals surface area contributed by atoms with E-state index in [-0.39, 0.29) is 0 Å². The van der Waals surface area contributed by atoms with Crippen LogP contribution in [0.2, 0.25) is 0 Å². The third-order valence-corrected chi connectivity index (χ3v) is 8.11. The molecule has 32 heavy (non-hydrogen) atoms. The highest BCUT2D eigenvalue weighted by Crippen LogP contribution is 2.40. The van der Waals surface area contributed by atoms with Crippen LogP contribution in [-0.2, 0) is 16.9 Å². The first-order chi connectivity index (χ1) is 15.6. The first kappa shape index (κ1) is 21.6. The van der Waals surface area contributed by atoms with Gasteiger partial charge in [0.15, 0.2) is 0 Å². The van der Waals surface area contributed by atoms with Gasteiger partial charge >= 0.3 is 0 Å². The number of nitrogens with zero attached hydrogens (tertiary/aromatic N) is 2. The average molecular weight is 453 g/mol. The summed E-state index contributed by atoms with van der Waals surface area (Å²) in [4.78, 5) is 4.90. The smallest absolute Gasteiger partial charge is 0.136 e. The molecule has 170 valence electrons. The van der Waals surface area contributed by atoms with Crippen molar-refractivity contribution < 1.29 is 9.84 Å². The second kappa shape index (κ2) is 8.63. The first-order valence-corrected chi connectivity index (χ1v) is 12.4. The average Bonchev–Trinajstić information content (AvgIpc) is 3.51. The van der Waals surface area contributed by atoms with Gasteiger partial charge in [0.05, 0.1) is 28.6 Å². The van der Waals surface area contributed by atoms with Gasteiger partial charge < -0.3 is 20.1 Å². The standard InChI is InChI=1S/C25H32N4O2S/c1-4-25(30,5-2)17-6-7-19-20(12-17)28-24(23(19)16-8-10-26-11-9-16)29-21-13-18(15-31-3)32-22(21)14-27-29/h6-7,12-14,16,26,28,30H,4-5,8-11,15H2,1-3H3. The van der Waals surface area contributed by atoms with Crippen molar-refractivity contribution in [3.05, 3.63) is 46.5 Å². The van der Waals surface area contributed by atoms with Crippen molar-refractivity contribution in [3.63, 3.8) is 0 Å². The van der Waals surface area contributed by atoms with E-state index in [4.69, 9.17) is 9.84 Å². The van der Waals surface area contributed by atoms with Gasteiger partial charge in [-0.1, -0.05) is 26.0 Å². The van der Waals surface area contributed by atoms with Crippen molar-refractivity contribution in [3.8, 4) is 5.82 Å². The number of nitrogens with one attached hydrogen (secondary N) is 2. The molecule has 1 saturated heterocycles. The highest BCUT2D eigenvalue weighted by molar-refractivity contribution is 7.19. The van der Waals surface area contributed by atoms with Crippen LogP contribution in [0, 0.1) is 0 Å². The van der Waals surface area contributed by atoms with E-state index in [1.807, 2.05) is 20.0 Å². The molecule has 0 unspecified atom stereocenters. The fourth-order valence-corrected chi connectivity index (χ4v) is 6.09. The number of fused-ring (bicyclic) bond motifs is 2. The van der Waals surface area contributed by atoms with E-state index >= 15 is 0 Å². The Labute approximate surface area is 192 Å². The van der Waals surface area contributed by atoms with Gasteiger partial charge in [-0.2, -0.15) is 5.10 Å². The van der Waals surface area contributed by atoms with E-state index in [2.05, 4.69) is 39.2 Å². The van der Waals surface area contributed by atoms with Crippen molar-refractivity contribution in [1.82, 2.24) is 20.1 Å². The zero-order chi connectivity index (χ0) is 22.3. The van der Waals surface area contributed by atoms with E-state index in [0.29, 0.717) is 25.4 Å². The summed E-state index contributed by atoms with van der Waals surface area (Å²) in [5, 5.41) is 20.6. The van der Waals surface area contributed by atoms with Crippen LogP contribution in [0.5, 0.6) is 0 Å². The molecule has 7 heteroatoms. The van der Waals surface area contributed by atoms with Gasteiger partial charge in [0, 0.05) is 28.5 Å². The summed E-state index contributed by atoms with van der Waals surface area (Å²) >= 11 is 1.73. The molecule has 4 aromatic rings. The number of hydrogen-bond donors (Lipinski definition) is 3. The number of thiophene rings is 1. The molecular weight excluding hydrogens is 420 g/mol. The lowest BCUT2D eigenvalue weighted by molar-refractivity contribution is 0.0285. The fourth-order valence-electron chi connectivity index (χ4n) is 5.11. The van der Waals surface area contributed by atoms with Gasteiger partial charge in [-0.25, -0.2) is 4.68 Å². The van der Waals surface area contributed by atoms with E-state index in [0.717, 1.165) is 48.3 Å². The number of aromatic amines is 1. The van der Waals surface area contributed by atoms with Gasteiger partial charge in [-0.05, 0) is 62.4 Å². The lowest BCUT2D eigenvalue weighted by Crippen LogP contribution is -2.27. The minimum absolute atomic E-state index is 0.471. The zero-order valence-corrected chi connectivity index (χ0v) is 19.9. The topological polar surface area (TPSA) is 75.1 Å². The second-order valence-corrected chi connectivity index (χ2v) is 10.0. The Kier molecular flexibility index (Phi) is 5.84. The highest BCUT2D eigenvalue weighted by Gasteiger charge is 2.28. The molecule has 5 rings (SSSR count). The normalized spacial score (nSPS) is 15.9. The molecule has 1 aromatic carbocycles. The number of benzene rings is 1. The number of H-pyrrole nitrogens is 1. The van der Waals surface area contributed by atoms with Crippen molar-refractivity contribution in [2.75, 3.05) is 20.2 Å². The molecule has 1 fully saturated rings. The van der Waals surface area contributed by atoms with Crippen LogP contribution in [0.3, 0.4) is 0 Å². The number of ether oxygens (including phenoxy) is 1. The molecular formula is C25H32N4O2S. The molecule has 3 aromatic heterocycles. The lowest BCUT2D eigenvalue weighted by Gasteiger charge is -2.26. The Morgan fingerprint density at radius 3 is 2.72 bits per heavy atom. The van der Waals surface area contributed by atoms with E-state index in [1.54, 1.807) is 18.4 Å². The minimum atomic E-state index is -0.796. The van der Waals surface area contributed by atoms with E-state index in [9.17, 15) is 5.11 Å². The molecule has 0 aliphatic carbocycles. The largest absolute Gasteiger partial charge is 0.385 e. The van der Waals surface area contributed by atoms with Crippen LogP contribution in [0.1, 0.15) is 61.5 Å². The summed E-state index contributed by atoms with van der Waals surface area (Å²) in [7, 11) is 1.73. The molecule has 0 radical (unpaired) electrons. The molecule has 0 saturated carbocycles. The predicted molar refractivity (Wildman–Crippen MR) is 131 cm³/mol. The number of rotatable bonds is 7. The summed E-state index contributed by atoms with van der Waals surface area (Å²) in [6, 6.07) is 8.63. The monoisotopic (exact) mass is 452 g/mol. The molecule has 3 N–H and O–H groups in total. The number of piperidine rings is 1. The summed E-state index contributed by atoms with van der Waals surface area (Å²) in [5.41, 5.74) is 3.71. The summed E-state index contributed by atoms with van der Waals surface area (Å²) in [6.07, 6.45) is 5.56. The third kappa shape index (κ3) is 3.57. The predicted octanol–water partition coefficient (Wildman–Crippen LogP) is 5.19. The summed E-state index contributed by atoms with van der Waals surface area (Å²) in [6.45, 7) is 6.77. The zero-order valence-electron chi connectivity index (χ0n) is 19.1. The maximum Gasteiger partial charge on any atom is 0.136 e. The quantitative estimate of drug-likeness (QED) is 0.361. The lowest BCUT2D eigenvalue weighted by atomic mass is 9.86. The Balaban J connectivity index is 1.70. The summed E-state index contributed by atoms with van der Waals surface area (Å²) in [5.74, 6) is 1.52. The van der Waals surface area contributed by atoms with Crippen LogP contribution in [0.25, 0.3) is 26.9 Å². The Morgan fingerprint density at radius 1 is 1.22 bits per heavy atom. The molecule has 0 bridgehead atoms. The maximum absolute atomic E-state index is 11.1. The first-order valence-electron chi connectivity index (χ1n) is 11.6. The van der Waals surface area contributed by atoms with Gasteiger partial charge in [-0.15, -0.1) is 11.3 Å². The Bertz CT molecular complexity index is 1230. The van der Waals surface area contributed by atoms with E-state index in [1.165, 1.54) is 20.5 Å². The van der Waals surface area contributed by atoms with Crippen LogP contribution >= 0.6 is 11.3 Å². The number of hydrogen-bond acceptors (Lipinski definition) is 5. The molecule has 0 atom stereocenters. The van der Waals surface area contributed by atoms with Crippen LogP contribution in [0.4, 0.5) is 0 Å². The van der Waals surface area contributed by atoms with Crippen molar-refractivity contribution >= 4 is 32.5 Å². The van der Waals surface area contributed by atoms with Gasteiger partial charge in [0.1, 0.15) is 5.82 Å². The van der Waals surface area contributed by atoms with Crippen molar-refractivity contribution in [2.24, 2.45) is 0 Å². The molecule has 0 amide bonds. The Morgan fingerprint density at radius 2 is 2.00 bits per heavy atom. The second-order valence-electron chi connectivity index (χ2n) is 8.86. The maximum atomic E-state index is 11.1. The number of methoxy groups -OCH3 is 1. The molecule has 0 spiro atoms. The molecule has 1 aliphatic heterocycles. The SMILES string of the molecule is CCC(O)(CC)c1ccc2c(C3CCNCC3)c(-n3ncc4sc(COC)cc43)[nH]c2c1. The number of aliphatic hydroxyl groups is 1. The van der Waals surface area contributed by atoms with Gasteiger partial charge in [-0.3, -0.25) is 0 Å². The summed E-state index contributed by atoms with van der Waals surface area (Å²) < 4.78 is 8.58. The van der Waals surface area contributed by atoms with Gasteiger partial charge in [0.2, 0.25) is 0 Å². The fraction of sp³-hybridized carbons (Fsp3) is 0.480. The van der Waals surface area contributed by atoms with Crippen LogP contribution in [-0.4, -0.2) is 40.1 Å². The van der Waals surface area contributed by atoms with Crippen LogP contribution < -0.4 is 5.32 Å². The van der Waals surface area contributed by atoms with E-state index < -0.39 is 5.60 Å². The number of aromatic nitrogens is 3. The van der Waals surface area contributed by atoms with Crippen molar-refractivity contribution in [1.29, 1.82) is 0 Å². The molecule has 1 aliphatic rings. The molecule has 4 heterocycles.